The third-order valence-electron chi connectivity index (χ3n) is 6.64. The fourth-order valence-corrected chi connectivity index (χ4v) is 9.89. The first kappa shape index (κ1) is 37.3. The van der Waals surface area contributed by atoms with Crippen molar-refractivity contribution in [1.29, 1.82) is 0 Å². The van der Waals surface area contributed by atoms with Crippen LogP contribution in [0.1, 0.15) is 0 Å². The Balaban J connectivity index is 0.000000953. The van der Waals surface area contributed by atoms with Crippen LogP contribution >= 0.6 is 15.8 Å². The topological polar surface area (TPSA) is 59.7 Å². The zero-order valence-corrected chi connectivity index (χ0v) is 28.2. The SMILES string of the molecule is [C-]#[O+].[C-]#[O+].[C-]#[O+].[Pt].c1ccc(P(c2ccccc2)c2ccccc2-c2ccccc2P(c2ccccc2)c2ccccc2)cc1. The summed E-state index contributed by atoms with van der Waals surface area (Å²) < 4.78 is 22.5. The van der Waals surface area contributed by atoms with Gasteiger partial charge >= 0.3 is 33.9 Å². The van der Waals surface area contributed by atoms with Gasteiger partial charge in [-0.2, -0.15) is 0 Å². The molecule has 0 unspecified atom stereocenters. The Morgan fingerprint density at radius 2 is 0.489 bits per heavy atom. The van der Waals surface area contributed by atoms with E-state index in [1.807, 2.05) is 0 Å². The van der Waals surface area contributed by atoms with E-state index in [1.54, 1.807) is 0 Å². The van der Waals surface area contributed by atoms with Crippen molar-refractivity contribution in [2.75, 3.05) is 0 Å². The monoisotopic (exact) mass is 801 g/mol. The van der Waals surface area contributed by atoms with Crippen LogP contribution in [0.15, 0.2) is 170 Å². The number of benzene rings is 6. The molecule has 0 radical (unpaired) electrons. The van der Waals surface area contributed by atoms with Gasteiger partial charge in [-0.15, -0.1) is 0 Å². The van der Waals surface area contributed by atoms with Crippen molar-refractivity contribution in [2.45, 2.75) is 0 Å². The van der Waals surface area contributed by atoms with Crippen LogP contribution in [-0.4, -0.2) is 0 Å². The minimum atomic E-state index is -0.723. The summed E-state index contributed by atoms with van der Waals surface area (Å²) in [7, 11) is -1.45. The molecule has 0 aromatic heterocycles. The molecular weight excluding hydrogens is 773 g/mol. The van der Waals surface area contributed by atoms with Gasteiger partial charge in [0.1, 0.15) is 0 Å². The quantitative estimate of drug-likeness (QED) is 0.0975. The van der Waals surface area contributed by atoms with Crippen LogP contribution in [0.2, 0.25) is 0 Å². The summed E-state index contributed by atoms with van der Waals surface area (Å²) in [6, 6.07) is 62.0. The molecule has 0 aliphatic rings. The van der Waals surface area contributed by atoms with Crippen molar-refractivity contribution in [3.05, 3.63) is 190 Å². The van der Waals surface area contributed by atoms with Gasteiger partial charge in [0.15, 0.2) is 0 Å². The molecule has 6 heteroatoms. The summed E-state index contributed by atoms with van der Waals surface area (Å²) in [6.45, 7) is 13.5. The fourth-order valence-electron chi connectivity index (χ4n) is 4.96. The maximum atomic E-state index is 7.50. The fraction of sp³-hybridized carbons (Fsp3) is 0. The maximum absolute atomic E-state index is 7.50. The molecular formula is C39H28O3P2Pt. The molecule has 3 nitrogen and oxygen atoms in total. The Bertz CT molecular complexity index is 1540. The normalized spacial score (nSPS) is 9.51. The van der Waals surface area contributed by atoms with Crippen molar-refractivity contribution in [3.8, 4) is 11.1 Å². The summed E-state index contributed by atoms with van der Waals surface area (Å²) in [6.07, 6.45) is 0. The van der Waals surface area contributed by atoms with E-state index < -0.39 is 15.8 Å². The summed E-state index contributed by atoms with van der Waals surface area (Å²) in [5, 5.41) is 8.25. The van der Waals surface area contributed by atoms with Crippen LogP contribution < -0.4 is 31.8 Å². The molecule has 0 saturated heterocycles. The molecule has 0 saturated carbocycles. The average molecular weight is 802 g/mol. The summed E-state index contributed by atoms with van der Waals surface area (Å²) in [4.78, 5) is 0. The van der Waals surface area contributed by atoms with Gasteiger partial charge in [-0.3, -0.25) is 0 Å². The molecule has 0 amide bonds. The van der Waals surface area contributed by atoms with E-state index in [-0.39, 0.29) is 21.1 Å². The predicted octanol–water partition coefficient (Wildman–Crippen LogP) is 6.75. The van der Waals surface area contributed by atoms with Gasteiger partial charge in [0.2, 0.25) is 0 Å². The summed E-state index contributed by atoms with van der Waals surface area (Å²) in [5.74, 6) is 0. The molecule has 0 heterocycles. The second kappa shape index (κ2) is 20.9. The average Bonchev–Trinajstić information content (AvgIpc) is 3.13. The molecule has 6 rings (SSSR count). The Morgan fingerprint density at radius 3 is 0.733 bits per heavy atom. The zero-order valence-electron chi connectivity index (χ0n) is 24.1. The van der Waals surface area contributed by atoms with Crippen LogP contribution in [0.5, 0.6) is 0 Å². The van der Waals surface area contributed by atoms with E-state index in [2.05, 4.69) is 190 Å². The molecule has 0 fully saturated rings. The molecule has 222 valence electrons. The van der Waals surface area contributed by atoms with E-state index >= 15 is 0 Å². The Kier molecular flexibility index (Phi) is 17.3. The molecule has 45 heavy (non-hydrogen) atoms. The third-order valence-corrected chi connectivity index (χ3v) is 11.6. The largest absolute Gasteiger partial charge is 0.0622 e. The van der Waals surface area contributed by atoms with Gasteiger partial charge in [0.05, 0.1) is 0 Å². The van der Waals surface area contributed by atoms with E-state index in [0.29, 0.717) is 0 Å². The number of rotatable bonds is 7. The van der Waals surface area contributed by atoms with Crippen LogP contribution in [-0.2, 0) is 35.0 Å². The zero-order chi connectivity index (χ0) is 31.6. The molecule has 0 bridgehead atoms. The molecule has 6 aromatic carbocycles. The van der Waals surface area contributed by atoms with Crippen molar-refractivity contribution >= 4 is 47.7 Å². The molecule has 0 N–H and O–H groups in total. The minimum absolute atomic E-state index is 0. The van der Waals surface area contributed by atoms with Gasteiger partial charge in [-0.05, 0) is 58.8 Å². The standard InChI is InChI=1S/C36H28P2.3CO.Pt/c1-5-17-29(18-6-1)37(30-19-7-2-8-20-30)35-27-15-13-25-33(35)34-26-14-16-28-36(34)38(31-21-9-3-10-22-31)32-23-11-4-12-24-32;3*1-2;/h1-28H;;;;. The van der Waals surface area contributed by atoms with Crippen molar-refractivity contribution < 1.29 is 35.0 Å². The van der Waals surface area contributed by atoms with Crippen LogP contribution in [0.25, 0.3) is 11.1 Å². The first-order valence-electron chi connectivity index (χ1n) is 13.5. The predicted molar refractivity (Wildman–Crippen MR) is 181 cm³/mol. The van der Waals surface area contributed by atoms with E-state index in [4.69, 9.17) is 14.0 Å². The smallest absolute Gasteiger partial charge is 0 e. The Labute approximate surface area is 282 Å². The van der Waals surface area contributed by atoms with Crippen molar-refractivity contribution in [2.24, 2.45) is 0 Å². The molecule has 0 atom stereocenters. The third kappa shape index (κ3) is 9.54. The van der Waals surface area contributed by atoms with Crippen LogP contribution in [0.3, 0.4) is 0 Å². The van der Waals surface area contributed by atoms with Gasteiger partial charge in [0.25, 0.3) is 0 Å². The number of hydrogen-bond donors (Lipinski definition) is 0. The van der Waals surface area contributed by atoms with Crippen LogP contribution in [0, 0.1) is 20.0 Å². The van der Waals surface area contributed by atoms with Crippen molar-refractivity contribution in [1.82, 2.24) is 0 Å². The molecule has 0 aliphatic carbocycles. The van der Waals surface area contributed by atoms with Gasteiger partial charge in [-0.25, -0.2) is 0 Å². The molecule has 0 aliphatic heterocycles. The first-order valence-corrected chi connectivity index (χ1v) is 16.2. The van der Waals surface area contributed by atoms with Gasteiger partial charge in [0, 0.05) is 21.1 Å². The van der Waals surface area contributed by atoms with E-state index in [1.165, 1.54) is 43.0 Å². The van der Waals surface area contributed by atoms with Crippen LogP contribution in [0.4, 0.5) is 0 Å². The summed E-state index contributed by atoms with van der Waals surface area (Å²) >= 11 is 0. The van der Waals surface area contributed by atoms with Gasteiger partial charge in [-0.1, -0.05) is 170 Å². The van der Waals surface area contributed by atoms with Crippen molar-refractivity contribution in [3.63, 3.8) is 0 Å². The van der Waals surface area contributed by atoms with Gasteiger partial charge < -0.3 is 0 Å². The first-order chi connectivity index (χ1) is 21.9. The summed E-state index contributed by atoms with van der Waals surface area (Å²) in [5.41, 5.74) is 2.64. The Hall–Kier alpha value is -3.91. The van der Waals surface area contributed by atoms with E-state index in [9.17, 15) is 0 Å². The maximum Gasteiger partial charge on any atom is 0 e. The second-order valence-corrected chi connectivity index (χ2v) is 13.4. The number of hydrogen-bond acceptors (Lipinski definition) is 0. The molecule has 6 aromatic rings. The Morgan fingerprint density at radius 1 is 0.289 bits per heavy atom. The van der Waals surface area contributed by atoms with E-state index in [0.717, 1.165) is 0 Å². The minimum Gasteiger partial charge on any atom is -0.0622 e. The second-order valence-electron chi connectivity index (χ2n) is 9.05. The molecule has 0 spiro atoms.